The summed E-state index contributed by atoms with van der Waals surface area (Å²) in [6.07, 6.45) is 4.98. The van der Waals surface area contributed by atoms with Gasteiger partial charge in [0.1, 0.15) is 12.1 Å². The number of nitrogens with zero attached hydrogens (tertiary/aromatic N) is 2. The first-order valence-corrected chi connectivity index (χ1v) is 5.49. The van der Waals surface area contributed by atoms with Crippen LogP contribution in [0.25, 0.3) is 0 Å². The third kappa shape index (κ3) is 2.78. The van der Waals surface area contributed by atoms with E-state index in [9.17, 15) is 4.39 Å². The van der Waals surface area contributed by atoms with Gasteiger partial charge in [-0.1, -0.05) is 17.7 Å². The van der Waals surface area contributed by atoms with Crippen molar-refractivity contribution in [2.75, 3.05) is 0 Å². The highest BCUT2D eigenvalue weighted by Crippen LogP contribution is 2.23. The quantitative estimate of drug-likeness (QED) is 0.912. The molecule has 0 amide bonds. The molecule has 0 saturated heterocycles. The maximum atomic E-state index is 13.6. The Balaban J connectivity index is 2.22. The third-order valence-corrected chi connectivity index (χ3v) is 2.85. The molecule has 0 radical (unpaired) electrons. The fraction of sp³-hybridized carbons (Fsp3) is 0.167. The monoisotopic (exact) mass is 251 g/mol. The zero-order chi connectivity index (χ0) is 12.3. The Morgan fingerprint density at radius 2 is 2.00 bits per heavy atom. The predicted octanol–water partition coefficient (Wildman–Crippen LogP) is 2.51. The van der Waals surface area contributed by atoms with E-state index in [0.717, 1.165) is 5.56 Å². The van der Waals surface area contributed by atoms with Gasteiger partial charge >= 0.3 is 0 Å². The van der Waals surface area contributed by atoms with Crippen molar-refractivity contribution in [1.82, 2.24) is 9.97 Å². The summed E-state index contributed by atoms with van der Waals surface area (Å²) in [5.41, 5.74) is 7.14. The minimum atomic E-state index is -0.370. The Morgan fingerprint density at radius 3 is 2.65 bits per heavy atom. The molecule has 0 aliphatic heterocycles. The van der Waals surface area contributed by atoms with E-state index in [0.29, 0.717) is 17.0 Å². The molecule has 1 heterocycles. The lowest BCUT2D eigenvalue weighted by Crippen LogP contribution is -2.15. The fourth-order valence-electron chi connectivity index (χ4n) is 1.57. The summed E-state index contributed by atoms with van der Waals surface area (Å²) in [7, 11) is 0. The van der Waals surface area contributed by atoms with E-state index in [4.69, 9.17) is 17.3 Å². The van der Waals surface area contributed by atoms with E-state index in [-0.39, 0.29) is 11.9 Å². The molecule has 1 atom stereocenters. The number of aromatic nitrogens is 2. The summed E-state index contributed by atoms with van der Waals surface area (Å²) >= 11 is 5.93. The van der Waals surface area contributed by atoms with Crippen molar-refractivity contribution in [2.45, 2.75) is 12.5 Å². The Hall–Kier alpha value is -1.52. The zero-order valence-electron chi connectivity index (χ0n) is 8.98. The molecule has 1 unspecified atom stereocenters. The SMILES string of the molecule is NC(Cc1c(F)cccc1Cl)c1cncnc1. The molecular weight excluding hydrogens is 241 g/mol. The van der Waals surface area contributed by atoms with Gasteiger partial charge in [-0.3, -0.25) is 0 Å². The van der Waals surface area contributed by atoms with Gasteiger partial charge in [0.15, 0.2) is 0 Å². The molecule has 2 aromatic rings. The molecule has 0 aliphatic carbocycles. The van der Waals surface area contributed by atoms with Crippen molar-refractivity contribution in [3.8, 4) is 0 Å². The summed E-state index contributed by atoms with van der Waals surface area (Å²) in [5.74, 6) is -0.343. The van der Waals surface area contributed by atoms with Crippen LogP contribution in [0.2, 0.25) is 5.02 Å². The van der Waals surface area contributed by atoms with Crippen LogP contribution in [0.4, 0.5) is 4.39 Å². The average molecular weight is 252 g/mol. The lowest BCUT2D eigenvalue weighted by atomic mass is 10.0. The van der Waals surface area contributed by atoms with Crippen LogP contribution in [0.15, 0.2) is 36.9 Å². The molecular formula is C12H11ClFN3. The van der Waals surface area contributed by atoms with Gasteiger partial charge in [-0.15, -0.1) is 0 Å². The van der Waals surface area contributed by atoms with Crippen molar-refractivity contribution in [3.05, 3.63) is 58.9 Å². The summed E-state index contributed by atoms with van der Waals surface area (Å²) < 4.78 is 13.6. The minimum Gasteiger partial charge on any atom is -0.324 e. The molecule has 5 heteroatoms. The van der Waals surface area contributed by atoms with Gasteiger partial charge in [0.25, 0.3) is 0 Å². The molecule has 2 rings (SSSR count). The van der Waals surface area contributed by atoms with Crippen LogP contribution >= 0.6 is 11.6 Å². The Labute approximate surface area is 103 Å². The highest BCUT2D eigenvalue weighted by Gasteiger charge is 2.13. The van der Waals surface area contributed by atoms with Gasteiger partial charge in [0, 0.05) is 34.6 Å². The second-order valence-electron chi connectivity index (χ2n) is 3.68. The topological polar surface area (TPSA) is 51.8 Å². The standard InChI is InChI=1S/C12H11ClFN3/c13-10-2-1-3-11(14)9(10)4-12(15)8-5-16-7-17-6-8/h1-3,5-7,12H,4,15H2. The highest BCUT2D eigenvalue weighted by atomic mass is 35.5. The number of benzene rings is 1. The van der Waals surface area contributed by atoms with Crippen LogP contribution in [0.5, 0.6) is 0 Å². The number of rotatable bonds is 3. The van der Waals surface area contributed by atoms with Crippen molar-refractivity contribution in [1.29, 1.82) is 0 Å². The Morgan fingerprint density at radius 1 is 1.29 bits per heavy atom. The van der Waals surface area contributed by atoms with Crippen LogP contribution in [0, 0.1) is 5.82 Å². The molecule has 0 spiro atoms. The van der Waals surface area contributed by atoms with Crippen LogP contribution < -0.4 is 5.73 Å². The van der Waals surface area contributed by atoms with E-state index < -0.39 is 0 Å². The largest absolute Gasteiger partial charge is 0.324 e. The lowest BCUT2D eigenvalue weighted by molar-refractivity contribution is 0.592. The zero-order valence-corrected chi connectivity index (χ0v) is 9.73. The molecule has 88 valence electrons. The van der Waals surface area contributed by atoms with Crippen LogP contribution in [-0.4, -0.2) is 9.97 Å². The van der Waals surface area contributed by atoms with Gasteiger partial charge in [0.05, 0.1) is 0 Å². The summed E-state index contributed by atoms with van der Waals surface area (Å²) in [6, 6.07) is 4.22. The van der Waals surface area contributed by atoms with Gasteiger partial charge in [-0.05, 0) is 18.6 Å². The lowest BCUT2D eigenvalue weighted by Gasteiger charge is -2.12. The molecule has 0 bridgehead atoms. The molecule has 0 aliphatic rings. The van der Waals surface area contributed by atoms with Crippen molar-refractivity contribution >= 4 is 11.6 Å². The number of hydrogen-bond donors (Lipinski definition) is 1. The molecule has 1 aromatic heterocycles. The molecule has 0 fully saturated rings. The van der Waals surface area contributed by atoms with Crippen molar-refractivity contribution in [3.63, 3.8) is 0 Å². The summed E-state index contributed by atoms with van der Waals surface area (Å²) in [4.78, 5) is 7.75. The molecule has 17 heavy (non-hydrogen) atoms. The minimum absolute atomic E-state index is 0.318. The second kappa shape index (κ2) is 5.21. The number of hydrogen-bond acceptors (Lipinski definition) is 3. The van der Waals surface area contributed by atoms with Crippen LogP contribution in [-0.2, 0) is 6.42 Å². The van der Waals surface area contributed by atoms with Crippen molar-refractivity contribution < 1.29 is 4.39 Å². The average Bonchev–Trinajstić information content (AvgIpc) is 2.35. The number of nitrogens with two attached hydrogens (primary N) is 1. The van der Waals surface area contributed by atoms with Gasteiger partial charge in [-0.25, -0.2) is 14.4 Å². The first-order chi connectivity index (χ1) is 8.18. The van der Waals surface area contributed by atoms with Gasteiger partial charge < -0.3 is 5.73 Å². The summed E-state index contributed by atoms with van der Waals surface area (Å²) in [6.45, 7) is 0. The molecule has 0 saturated carbocycles. The van der Waals surface area contributed by atoms with Crippen LogP contribution in [0.3, 0.4) is 0 Å². The first-order valence-electron chi connectivity index (χ1n) is 5.12. The van der Waals surface area contributed by atoms with E-state index in [2.05, 4.69) is 9.97 Å². The molecule has 2 N–H and O–H groups in total. The van der Waals surface area contributed by atoms with E-state index in [1.54, 1.807) is 24.5 Å². The smallest absolute Gasteiger partial charge is 0.127 e. The van der Waals surface area contributed by atoms with Crippen LogP contribution in [0.1, 0.15) is 17.2 Å². The van der Waals surface area contributed by atoms with Crippen molar-refractivity contribution in [2.24, 2.45) is 5.73 Å². The van der Waals surface area contributed by atoms with E-state index in [1.807, 2.05) is 0 Å². The highest BCUT2D eigenvalue weighted by molar-refractivity contribution is 6.31. The first kappa shape index (κ1) is 12.0. The van der Waals surface area contributed by atoms with E-state index in [1.165, 1.54) is 12.4 Å². The van der Waals surface area contributed by atoms with Gasteiger partial charge in [0.2, 0.25) is 0 Å². The fourth-order valence-corrected chi connectivity index (χ4v) is 1.81. The number of halogens is 2. The molecule has 1 aromatic carbocycles. The Bertz CT molecular complexity index is 484. The Kier molecular flexibility index (Phi) is 3.66. The summed E-state index contributed by atoms with van der Waals surface area (Å²) in [5, 5.41) is 0.386. The maximum Gasteiger partial charge on any atom is 0.127 e. The van der Waals surface area contributed by atoms with E-state index >= 15 is 0 Å². The maximum absolute atomic E-state index is 13.6. The third-order valence-electron chi connectivity index (χ3n) is 2.49. The predicted molar refractivity (Wildman–Crippen MR) is 64.1 cm³/mol. The normalized spacial score (nSPS) is 12.4. The van der Waals surface area contributed by atoms with Gasteiger partial charge in [-0.2, -0.15) is 0 Å². The molecule has 3 nitrogen and oxygen atoms in total. The second-order valence-corrected chi connectivity index (χ2v) is 4.09.